The quantitative estimate of drug-likeness (QED) is 0.733. The zero-order chi connectivity index (χ0) is 18.4. The van der Waals surface area contributed by atoms with Crippen LogP contribution in [0.3, 0.4) is 0 Å². The molecule has 7 nitrogen and oxygen atoms in total. The molecule has 1 saturated heterocycles. The fraction of sp³-hybridized carbons (Fsp3) is 0.778. The molecule has 0 N–H and O–H groups in total. The summed E-state index contributed by atoms with van der Waals surface area (Å²) in [6.07, 6.45) is 2.87. The monoisotopic (exact) mass is 351 g/mol. The lowest BCUT2D eigenvalue weighted by atomic mass is 9.92. The lowest BCUT2D eigenvalue weighted by molar-refractivity contribution is -0.146. The molecule has 1 aliphatic rings. The molecule has 25 heavy (non-hydrogen) atoms. The number of carbonyl (C=O) groups is 2. The lowest BCUT2D eigenvalue weighted by Crippen LogP contribution is -2.39. The highest BCUT2D eigenvalue weighted by Gasteiger charge is 2.29. The molecule has 0 radical (unpaired) electrons. The molecule has 1 aliphatic heterocycles. The summed E-state index contributed by atoms with van der Waals surface area (Å²) in [5.74, 6) is 0.984. The Hall–Kier alpha value is -1.92. The molecule has 140 valence electrons. The molecule has 1 aromatic heterocycles. The van der Waals surface area contributed by atoms with E-state index in [-0.39, 0.29) is 36.1 Å². The molecule has 1 fully saturated rings. The summed E-state index contributed by atoms with van der Waals surface area (Å²) in [5.41, 5.74) is 0.0888. The largest absolute Gasteiger partial charge is 0.466 e. The van der Waals surface area contributed by atoms with Gasteiger partial charge in [-0.2, -0.15) is 0 Å². The van der Waals surface area contributed by atoms with E-state index in [1.807, 2.05) is 0 Å². The number of esters is 1. The molecule has 0 saturated carbocycles. The van der Waals surface area contributed by atoms with Gasteiger partial charge in [0.25, 0.3) is 0 Å². The molecule has 0 aromatic carbocycles. The first-order valence-corrected chi connectivity index (χ1v) is 9.04. The SMILES string of the molecule is CCOC(=O)CCC(=O)N1CCCC(c2nnc(CC(C)(C)C)o2)C1. The molecular formula is C18H29N3O4. The zero-order valence-electron chi connectivity index (χ0n) is 15.7. The standard InChI is InChI=1S/C18H29N3O4/c1-5-24-16(23)9-8-15(22)21-10-6-7-13(12-21)17-20-19-14(25-17)11-18(2,3)4/h13H,5-12H2,1-4H3. The number of aromatic nitrogens is 2. The van der Waals surface area contributed by atoms with Gasteiger partial charge >= 0.3 is 5.97 Å². The van der Waals surface area contributed by atoms with Crippen molar-refractivity contribution < 1.29 is 18.7 Å². The highest BCUT2D eigenvalue weighted by molar-refractivity contribution is 5.81. The van der Waals surface area contributed by atoms with Gasteiger partial charge in [0, 0.05) is 25.9 Å². The van der Waals surface area contributed by atoms with E-state index < -0.39 is 0 Å². The maximum absolute atomic E-state index is 12.3. The second kappa shape index (κ2) is 8.45. The number of hydrogen-bond donors (Lipinski definition) is 0. The van der Waals surface area contributed by atoms with Crippen molar-refractivity contribution in [3.63, 3.8) is 0 Å². The Bertz CT molecular complexity index is 591. The van der Waals surface area contributed by atoms with E-state index in [9.17, 15) is 9.59 Å². The van der Waals surface area contributed by atoms with E-state index in [0.29, 0.717) is 31.5 Å². The Morgan fingerprint density at radius 3 is 2.72 bits per heavy atom. The molecular weight excluding hydrogens is 322 g/mol. The number of likely N-dealkylation sites (tertiary alicyclic amines) is 1. The summed E-state index contributed by atoms with van der Waals surface area (Å²) < 4.78 is 10.7. The molecule has 1 atom stereocenters. The van der Waals surface area contributed by atoms with Gasteiger partial charge in [-0.05, 0) is 25.2 Å². The number of ether oxygens (including phenoxy) is 1. The third-order valence-corrected chi connectivity index (χ3v) is 4.14. The maximum Gasteiger partial charge on any atom is 0.306 e. The van der Waals surface area contributed by atoms with Gasteiger partial charge in [-0.15, -0.1) is 10.2 Å². The molecule has 1 amide bonds. The third-order valence-electron chi connectivity index (χ3n) is 4.14. The fourth-order valence-corrected chi connectivity index (χ4v) is 2.96. The number of hydrogen-bond acceptors (Lipinski definition) is 6. The number of piperidine rings is 1. The predicted octanol–water partition coefficient (Wildman–Crippen LogP) is 2.71. The summed E-state index contributed by atoms with van der Waals surface area (Å²) in [6.45, 7) is 9.75. The van der Waals surface area contributed by atoms with E-state index in [4.69, 9.17) is 9.15 Å². The predicted molar refractivity (Wildman–Crippen MR) is 91.9 cm³/mol. The fourth-order valence-electron chi connectivity index (χ4n) is 2.96. The molecule has 7 heteroatoms. The molecule has 1 aromatic rings. The third kappa shape index (κ3) is 6.14. The van der Waals surface area contributed by atoms with Crippen LogP contribution in [0.2, 0.25) is 0 Å². The summed E-state index contributed by atoms with van der Waals surface area (Å²) in [7, 11) is 0. The molecule has 2 heterocycles. The number of amides is 1. The zero-order valence-corrected chi connectivity index (χ0v) is 15.7. The van der Waals surface area contributed by atoms with Crippen LogP contribution in [0.25, 0.3) is 0 Å². The Labute approximate surface area is 149 Å². The normalized spacial score (nSPS) is 18.2. The van der Waals surface area contributed by atoms with Gasteiger partial charge in [-0.3, -0.25) is 9.59 Å². The molecule has 1 unspecified atom stereocenters. The Kier molecular flexibility index (Phi) is 6.56. The van der Waals surface area contributed by atoms with E-state index in [1.54, 1.807) is 11.8 Å². The van der Waals surface area contributed by atoms with Gasteiger partial charge in [-0.25, -0.2) is 0 Å². The second-order valence-electron chi connectivity index (χ2n) is 7.76. The van der Waals surface area contributed by atoms with Crippen LogP contribution >= 0.6 is 0 Å². The smallest absolute Gasteiger partial charge is 0.306 e. The van der Waals surface area contributed by atoms with Crippen LogP contribution in [0.5, 0.6) is 0 Å². The van der Waals surface area contributed by atoms with Crippen molar-refractivity contribution in [2.24, 2.45) is 5.41 Å². The summed E-state index contributed by atoms with van der Waals surface area (Å²) in [4.78, 5) is 25.5. The van der Waals surface area contributed by atoms with E-state index in [2.05, 4.69) is 31.0 Å². The van der Waals surface area contributed by atoms with Crippen molar-refractivity contribution in [2.75, 3.05) is 19.7 Å². The van der Waals surface area contributed by atoms with Gasteiger partial charge in [0.2, 0.25) is 17.7 Å². The first-order chi connectivity index (χ1) is 11.8. The van der Waals surface area contributed by atoms with Gasteiger partial charge in [0.05, 0.1) is 18.9 Å². The number of carbonyl (C=O) groups excluding carboxylic acids is 2. The van der Waals surface area contributed by atoms with Crippen LogP contribution in [0.1, 0.15) is 71.1 Å². The summed E-state index contributed by atoms with van der Waals surface area (Å²) in [6, 6.07) is 0. The first-order valence-electron chi connectivity index (χ1n) is 9.04. The molecule has 2 rings (SSSR count). The van der Waals surface area contributed by atoms with Crippen LogP contribution in [0.4, 0.5) is 0 Å². The van der Waals surface area contributed by atoms with Crippen molar-refractivity contribution >= 4 is 11.9 Å². The van der Waals surface area contributed by atoms with Gasteiger partial charge in [0.15, 0.2) is 0 Å². The highest BCUT2D eigenvalue weighted by atomic mass is 16.5. The van der Waals surface area contributed by atoms with Crippen molar-refractivity contribution in [1.82, 2.24) is 15.1 Å². The second-order valence-corrected chi connectivity index (χ2v) is 7.76. The average Bonchev–Trinajstić information content (AvgIpc) is 2.99. The average molecular weight is 351 g/mol. The number of rotatable bonds is 6. The summed E-state index contributed by atoms with van der Waals surface area (Å²) in [5, 5.41) is 8.33. The van der Waals surface area contributed by atoms with Crippen LogP contribution in [-0.2, 0) is 20.7 Å². The highest BCUT2D eigenvalue weighted by Crippen LogP contribution is 2.28. The summed E-state index contributed by atoms with van der Waals surface area (Å²) >= 11 is 0. The lowest BCUT2D eigenvalue weighted by Gasteiger charge is -2.31. The van der Waals surface area contributed by atoms with E-state index >= 15 is 0 Å². The van der Waals surface area contributed by atoms with Crippen molar-refractivity contribution in [1.29, 1.82) is 0 Å². The van der Waals surface area contributed by atoms with Gasteiger partial charge in [-0.1, -0.05) is 20.8 Å². The molecule has 0 spiro atoms. The van der Waals surface area contributed by atoms with Gasteiger partial charge < -0.3 is 14.1 Å². The van der Waals surface area contributed by atoms with Crippen LogP contribution in [0, 0.1) is 5.41 Å². The van der Waals surface area contributed by atoms with E-state index in [0.717, 1.165) is 19.3 Å². The minimum atomic E-state index is -0.326. The number of nitrogens with zero attached hydrogens (tertiary/aromatic N) is 3. The Morgan fingerprint density at radius 1 is 1.28 bits per heavy atom. The van der Waals surface area contributed by atoms with Crippen molar-refractivity contribution in [3.8, 4) is 0 Å². The molecule has 0 aliphatic carbocycles. The first kappa shape index (κ1) is 19.4. The Morgan fingerprint density at radius 2 is 2.04 bits per heavy atom. The minimum Gasteiger partial charge on any atom is -0.466 e. The Balaban J connectivity index is 1.90. The van der Waals surface area contributed by atoms with Crippen molar-refractivity contribution in [3.05, 3.63) is 11.8 Å². The van der Waals surface area contributed by atoms with Gasteiger partial charge in [0.1, 0.15) is 0 Å². The topological polar surface area (TPSA) is 85.5 Å². The van der Waals surface area contributed by atoms with Crippen LogP contribution < -0.4 is 0 Å². The van der Waals surface area contributed by atoms with E-state index in [1.165, 1.54) is 0 Å². The van der Waals surface area contributed by atoms with Crippen molar-refractivity contribution in [2.45, 2.75) is 65.7 Å². The van der Waals surface area contributed by atoms with Crippen LogP contribution in [-0.4, -0.2) is 46.7 Å². The minimum absolute atomic E-state index is 0.0211. The maximum atomic E-state index is 12.3. The van der Waals surface area contributed by atoms with Crippen LogP contribution in [0.15, 0.2) is 4.42 Å². The molecule has 0 bridgehead atoms.